The summed E-state index contributed by atoms with van der Waals surface area (Å²) in [6.07, 6.45) is 3.66. The zero-order valence-corrected chi connectivity index (χ0v) is 17.8. The van der Waals surface area contributed by atoms with Gasteiger partial charge < -0.3 is 20.4 Å². The molecule has 0 bridgehead atoms. The number of hydrogen-bond donors (Lipinski definition) is 3. The molecular weight excluding hydrogens is 449 g/mol. The van der Waals surface area contributed by atoms with E-state index in [1.165, 1.54) is 4.90 Å². The molecule has 1 fully saturated rings. The molecule has 0 aromatic carbocycles. The van der Waals surface area contributed by atoms with Crippen LogP contribution in [0.1, 0.15) is 32.4 Å². The van der Waals surface area contributed by atoms with E-state index in [1.807, 2.05) is 19.1 Å². The smallest absolute Gasteiger partial charge is 0.325 e. The van der Waals surface area contributed by atoms with Crippen molar-refractivity contribution in [2.45, 2.75) is 38.6 Å². The number of halogens is 1. The van der Waals surface area contributed by atoms with E-state index in [4.69, 9.17) is 4.42 Å². The molecule has 1 aliphatic heterocycles. The van der Waals surface area contributed by atoms with Gasteiger partial charge in [0.1, 0.15) is 11.3 Å². The minimum atomic E-state index is -0.770. The number of imide groups is 1. The summed E-state index contributed by atoms with van der Waals surface area (Å²) in [6.45, 7) is 5.35. The summed E-state index contributed by atoms with van der Waals surface area (Å²) in [5, 5.41) is 9.13. The fourth-order valence-corrected chi connectivity index (χ4v) is 2.61. The summed E-state index contributed by atoms with van der Waals surface area (Å²) < 4.78 is 5.28. The molecule has 146 valence electrons. The normalized spacial score (nSPS) is 20.0. The van der Waals surface area contributed by atoms with Crippen molar-refractivity contribution >= 4 is 41.9 Å². The molecule has 26 heavy (non-hydrogen) atoms. The van der Waals surface area contributed by atoms with E-state index in [1.54, 1.807) is 20.2 Å². The Morgan fingerprint density at radius 3 is 2.65 bits per heavy atom. The molecule has 1 unspecified atom stereocenters. The lowest BCUT2D eigenvalue weighted by molar-refractivity contribution is -0.130. The Hall–Kier alpha value is -1.78. The van der Waals surface area contributed by atoms with E-state index in [9.17, 15) is 9.59 Å². The number of aliphatic imine (C=N–C) groups is 1. The van der Waals surface area contributed by atoms with Gasteiger partial charge in [0, 0.05) is 33.1 Å². The summed E-state index contributed by atoms with van der Waals surface area (Å²) in [6, 6.07) is 3.48. The van der Waals surface area contributed by atoms with Crippen LogP contribution in [0.15, 0.2) is 27.8 Å². The highest BCUT2D eigenvalue weighted by Crippen LogP contribution is 2.20. The molecule has 0 saturated carbocycles. The lowest BCUT2D eigenvalue weighted by Gasteiger charge is -2.19. The summed E-state index contributed by atoms with van der Waals surface area (Å²) in [5.41, 5.74) is -0.770. The number of hydrogen-bond acceptors (Lipinski definition) is 4. The van der Waals surface area contributed by atoms with Crippen LogP contribution in [-0.2, 0) is 11.2 Å². The van der Waals surface area contributed by atoms with E-state index >= 15 is 0 Å². The van der Waals surface area contributed by atoms with Gasteiger partial charge in [0.25, 0.3) is 5.91 Å². The first-order valence-corrected chi connectivity index (χ1v) is 8.61. The molecule has 1 aliphatic rings. The van der Waals surface area contributed by atoms with Gasteiger partial charge in [0.15, 0.2) is 5.96 Å². The van der Waals surface area contributed by atoms with Crippen LogP contribution >= 0.6 is 24.0 Å². The number of urea groups is 1. The Bertz CT molecular complexity index is 620. The number of rotatable bonds is 8. The van der Waals surface area contributed by atoms with Crippen molar-refractivity contribution in [2.24, 2.45) is 4.99 Å². The average Bonchev–Trinajstić information content (AvgIpc) is 3.19. The molecule has 1 aromatic heterocycles. The molecule has 3 amide bonds. The van der Waals surface area contributed by atoms with Crippen LogP contribution in [0.5, 0.6) is 0 Å². The minimum Gasteiger partial charge on any atom is -0.469 e. The van der Waals surface area contributed by atoms with Crippen LogP contribution in [0.25, 0.3) is 0 Å². The quantitative estimate of drug-likeness (QED) is 0.174. The van der Waals surface area contributed by atoms with Crippen LogP contribution in [0.4, 0.5) is 4.79 Å². The number of nitrogens with one attached hydrogen (secondary N) is 3. The second kappa shape index (κ2) is 10.4. The Morgan fingerprint density at radius 2 is 2.08 bits per heavy atom. The van der Waals surface area contributed by atoms with Gasteiger partial charge in [-0.3, -0.25) is 14.7 Å². The van der Waals surface area contributed by atoms with Gasteiger partial charge in [0.2, 0.25) is 0 Å². The fraction of sp³-hybridized carbons (Fsp3) is 0.588. The van der Waals surface area contributed by atoms with Crippen molar-refractivity contribution in [3.8, 4) is 0 Å². The molecule has 1 atom stereocenters. The van der Waals surface area contributed by atoms with E-state index in [2.05, 4.69) is 20.9 Å². The number of guanidine groups is 1. The predicted molar refractivity (Wildman–Crippen MR) is 111 cm³/mol. The SMILES string of the molecule is CCC1(C)NC(=O)N(CCCNC(=NC)NCCc2ccco2)C1=O.I. The van der Waals surface area contributed by atoms with Gasteiger partial charge in [-0.2, -0.15) is 0 Å². The van der Waals surface area contributed by atoms with Crippen molar-refractivity contribution in [1.82, 2.24) is 20.9 Å². The van der Waals surface area contributed by atoms with Gasteiger partial charge in [-0.25, -0.2) is 4.79 Å². The zero-order valence-electron chi connectivity index (χ0n) is 15.5. The average molecular weight is 477 g/mol. The lowest BCUT2D eigenvalue weighted by Crippen LogP contribution is -2.43. The topological polar surface area (TPSA) is 99.0 Å². The third-order valence-corrected chi connectivity index (χ3v) is 4.37. The second-order valence-electron chi connectivity index (χ2n) is 6.18. The molecule has 3 N–H and O–H groups in total. The highest BCUT2D eigenvalue weighted by Gasteiger charge is 2.45. The third-order valence-electron chi connectivity index (χ3n) is 4.37. The van der Waals surface area contributed by atoms with Crippen LogP contribution in [0, 0.1) is 0 Å². The molecule has 1 aromatic rings. The monoisotopic (exact) mass is 477 g/mol. The molecule has 0 spiro atoms. The van der Waals surface area contributed by atoms with E-state index in [-0.39, 0.29) is 35.9 Å². The first-order valence-electron chi connectivity index (χ1n) is 8.61. The van der Waals surface area contributed by atoms with Gasteiger partial charge in [-0.1, -0.05) is 6.92 Å². The van der Waals surface area contributed by atoms with Crippen LogP contribution in [0.3, 0.4) is 0 Å². The van der Waals surface area contributed by atoms with Crippen molar-refractivity contribution < 1.29 is 14.0 Å². The number of carbonyl (C=O) groups is 2. The summed E-state index contributed by atoms with van der Waals surface area (Å²) >= 11 is 0. The van der Waals surface area contributed by atoms with E-state index in [0.717, 1.165) is 12.2 Å². The Morgan fingerprint density at radius 1 is 1.35 bits per heavy atom. The highest BCUT2D eigenvalue weighted by atomic mass is 127. The van der Waals surface area contributed by atoms with Gasteiger partial charge in [-0.15, -0.1) is 24.0 Å². The van der Waals surface area contributed by atoms with Crippen molar-refractivity contribution in [1.29, 1.82) is 0 Å². The maximum atomic E-state index is 12.3. The fourth-order valence-electron chi connectivity index (χ4n) is 2.61. The highest BCUT2D eigenvalue weighted by molar-refractivity contribution is 14.0. The predicted octanol–water partition coefficient (Wildman–Crippen LogP) is 1.72. The molecule has 0 aliphatic carbocycles. The van der Waals surface area contributed by atoms with E-state index < -0.39 is 5.54 Å². The van der Waals surface area contributed by atoms with Crippen molar-refractivity contribution in [3.05, 3.63) is 24.2 Å². The van der Waals surface area contributed by atoms with Crippen LogP contribution < -0.4 is 16.0 Å². The first kappa shape index (κ1) is 22.3. The van der Waals surface area contributed by atoms with Gasteiger partial charge >= 0.3 is 6.03 Å². The summed E-state index contributed by atoms with van der Waals surface area (Å²) in [7, 11) is 1.70. The maximum absolute atomic E-state index is 12.3. The molecule has 1 saturated heterocycles. The van der Waals surface area contributed by atoms with Crippen LogP contribution in [-0.4, -0.2) is 55.0 Å². The number of furan rings is 1. The number of carbonyl (C=O) groups excluding carboxylic acids is 2. The summed E-state index contributed by atoms with van der Waals surface area (Å²) in [4.78, 5) is 29.6. The Balaban J connectivity index is 0.00000338. The lowest BCUT2D eigenvalue weighted by atomic mass is 9.99. The largest absolute Gasteiger partial charge is 0.469 e. The second-order valence-corrected chi connectivity index (χ2v) is 6.18. The van der Waals surface area contributed by atoms with Gasteiger partial charge in [-0.05, 0) is 31.9 Å². The molecule has 2 rings (SSSR count). The number of amides is 3. The standard InChI is InChI=1S/C17H27N5O3.HI/c1-4-17(2)14(23)22(16(24)21-17)11-6-9-19-15(18-3)20-10-8-13-7-5-12-25-13;/h5,7,12H,4,6,8-11H2,1-3H3,(H,21,24)(H2,18,19,20);1H. The molecule has 2 heterocycles. The third kappa shape index (κ3) is 5.61. The molecule has 8 nitrogen and oxygen atoms in total. The Labute approximate surface area is 171 Å². The molecular formula is C17H28IN5O3. The Kier molecular flexibility index (Phi) is 8.89. The maximum Gasteiger partial charge on any atom is 0.325 e. The van der Waals surface area contributed by atoms with Gasteiger partial charge in [0.05, 0.1) is 6.26 Å². The van der Waals surface area contributed by atoms with Crippen molar-refractivity contribution in [3.63, 3.8) is 0 Å². The number of nitrogens with zero attached hydrogens (tertiary/aromatic N) is 2. The molecule has 0 radical (unpaired) electrons. The summed E-state index contributed by atoms with van der Waals surface area (Å²) in [5.74, 6) is 1.45. The van der Waals surface area contributed by atoms with Crippen LogP contribution in [0.2, 0.25) is 0 Å². The van der Waals surface area contributed by atoms with Crippen molar-refractivity contribution in [2.75, 3.05) is 26.7 Å². The molecule has 9 heteroatoms. The van der Waals surface area contributed by atoms with E-state index in [0.29, 0.717) is 38.4 Å². The zero-order chi connectivity index (χ0) is 18.3. The minimum absolute atomic E-state index is 0. The first-order chi connectivity index (χ1) is 12.0.